The quantitative estimate of drug-likeness (QED) is 0.722. The molecule has 7 heteroatoms. The number of carbonyl (C=O) groups is 2. The molecule has 2 amide bonds. The zero-order valence-corrected chi connectivity index (χ0v) is 17.1. The van der Waals surface area contributed by atoms with Gasteiger partial charge >= 0.3 is 0 Å². The van der Waals surface area contributed by atoms with Crippen LogP contribution in [0.1, 0.15) is 17.2 Å². The van der Waals surface area contributed by atoms with Crippen molar-refractivity contribution in [2.45, 2.75) is 19.1 Å². The molecular weight excluding hydrogens is 382 g/mol. The lowest BCUT2D eigenvalue weighted by molar-refractivity contribution is -0.160. The molecule has 1 aliphatic rings. The minimum absolute atomic E-state index is 0.132. The van der Waals surface area contributed by atoms with Crippen LogP contribution in [0.4, 0.5) is 5.69 Å². The third-order valence-corrected chi connectivity index (χ3v) is 5.32. The number of nitrogens with one attached hydrogen (secondary N) is 1. The first-order valence-corrected chi connectivity index (χ1v) is 9.65. The van der Waals surface area contributed by atoms with Crippen molar-refractivity contribution in [1.82, 2.24) is 9.88 Å². The highest BCUT2D eigenvalue weighted by molar-refractivity contribution is 5.97. The van der Waals surface area contributed by atoms with E-state index in [4.69, 9.17) is 9.47 Å². The van der Waals surface area contributed by atoms with Gasteiger partial charge in [-0.2, -0.15) is 0 Å². The van der Waals surface area contributed by atoms with Crippen LogP contribution in [0.2, 0.25) is 0 Å². The van der Waals surface area contributed by atoms with Gasteiger partial charge in [0.1, 0.15) is 12.4 Å². The van der Waals surface area contributed by atoms with Crippen LogP contribution in [-0.4, -0.2) is 48.6 Å². The molecule has 1 aliphatic heterocycles. The Bertz CT molecular complexity index is 1100. The maximum absolute atomic E-state index is 13.1. The van der Waals surface area contributed by atoms with Gasteiger partial charge in [-0.1, -0.05) is 29.8 Å². The topological polar surface area (TPSA) is 80.8 Å². The van der Waals surface area contributed by atoms with Crippen molar-refractivity contribution < 1.29 is 19.1 Å². The van der Waals surface area contributed by atoms with E-state index in [1.54, 1.807) is 25.3 Å². The lowest BCUT2D eigenvalue weighted by atomic mass is 9.96. The van der Waals surface area contributed by atoms with Gasteiger partial charge < -0.3 is 19.7 Å². The molecule has 30 heavy (non-hydrogen) atoms. The summed E-state index contributed by atoms with van der Waals surface area (Å²) in [4.78, 5) is 31.3. The Balaban J connectivity index is 1.59. The Morgan fingerprint density at radius 3 is 2.70 bits per heavy atom. The number of amides is 2. The van der Waals surface area contributed by atoms with E-state index < -0.39 is 12.1 Å². The fourth-order valence-corrected chi connectivity index (χ4v) is 3.60. The maximum atomic E-state index is 13.1. The number of carbonyl (C=O) groups excluding carboxylic acids is 2. The van der Waals surface area contributed by atoms with Gasteiger partial charge in [0.05, 0.1) is 30.6 Å². The zero-order chi connectivity index (χ0) is 21.3. The number of methoxy groups -OCH3 is 1. The molecule has 4 rings (SSSR count). The summed E-state index contributed by atoms with van der Waals surface area (Å²) >= 11 is 0. The molecule has 2 aromatic carbocycles. The summed E-state index contributed by atoms with van der Waals surface area (Å²) in [5.41, 5.74) is 3.27. The van der Waals surface area contributed by atoms with E-state index in [2.05, 4.69) is 10.3 Å². The molecule has 0 aliphatic carbocycles. The zero-order valence-electron chi connectivity index (χ0n) is 17.1. The van der Waals surface area contributed by atoms with Crippen molar-refractivity contribution in [3.05, 3.63) is 65.9 Å². The predicted octanol–water partition coefficient (Wildman–Crippen LogP) is 3.09. The number of likely N-dealkylation sites (N-methyl/N-ethyl adjacent to an activating group) is 1. The van der Waals surface area contributed by atoms with E-state index in [0.717, 1.165) is 27.8 Å². The number of rotatable bonds is 4. The summed E-state index contributed by atoms with van der Waals surface area (Å²) in [6.07, 6.45) is 0.764. The fourth-order valence-electron chi connectivity index (χ4n) is 3.60. The lowest BCUT2D eigenvalue weighted by Crippen LogP contribution is -2.51. The molecule has 2 heterocycles. The Morgan fingerprint density at radius 1 is 1.20 bits per heavy atom. The number of morpholine rings is 1. The van der Waals surface area contributed by atoms with Crippen molar-refractivity contribution in [3.63, 3.8) is 0 Å². The number of nitrogens with zero attached hydrogens (tertiary/aromatic N) is 2. The highest BCUT2D eigenvalue weighted by Crippen LogP contribution is 2.30. The van der Waals surface area contributed by atoms with Crippen molar-refractivity contribution >= 4 is 28.4 Å². The number of fused-ring (bicyclic) bond motifs is 1. The van der Waals surface area contributed by atoms with Gasteiger partial charge in [-0.25, -0.2) is 0 Å². The van der Waals surface area contributed by atoms with E-state index in [0.29, 0.717) is 5.69 Å². The molecule has 0 saturated carbocycles. The second-order valence-corrected chi connectivity index (χ2v) is 7.36. The molecule has 154 valence electrons. The Labute approximate surface area is 174 Å². The standard InChI is InChI=1S/C23H23N3O4/c1-14-4-6-15(7-5-14)21-22(30-13-20(27)26(21)2)23(28)25-17-10-16-8-9-18(29-3)11-19(16)24-12-17/h4-12,21-22H,13H2,1-3H3,(H,25,28). The number of anilines is 1. The molecule has 7 nitrogen and oxygen atoms in total. The fraction of sp³-hybridized carbons (Fsp3) is 0.261. The van der Waals surface area contributed by atoms with Crippen LogP contribution in [0.15, 0.2) is 54.7 Å². The molecule has 0 spiro atoms. The molecule has 1 saturated heterocycles. The highest BCUT2D eigenvalue weighted by Gasteiger charge is 2.40. The number of hydrogen-bond acceptors (Lipinski definition) is 5. The SMILES string of the molecule is COc1ccc2cc(NC(=O)C3OCC(=O)N(C)C3c3ccc(C)cc3)cnc2c1. The third kappa shape index (κ3) is 3.84. The Hall–Kier alpha value is -3.45. The van der Waals surface area contributed by atoms with Gasteiger partial charge in [0.2, 0.25) is 5.91 Å². The van der Waals surface area contributed by atoms with Gasteiger partial charge in [-0.3, -0.25) is 14.6 Å². The number of pyridine rings is 1. The van der Waals surface area contributed by atoms with E-state index in [1.165, 1.54) is 0 Å². The molecule has 2 unspecified atom stereocenters. The van der Waals surface area contributed by atoms with E-state index in [9.17, 15) is 9.59 Å². The second-order valence-electron chi connectivity index (χ2n) is 7.36. The van der Waals surface area contributed by atoms with E-state index >= 15 is 0 Å². The predicted molar refractivity (Wildman–Crippen MR) is 113 cm³/mol. The normalized spacial score (nSPS) is 19.0. The van der Waals surface area contributed by atoms with Gasteiger partial charge in [-0.15, -0.1) is 0 Å². The minimum atomic E-state index is -0.832. The van der Waals surface area contributed by atoms with Crippen molar-refractivity contribution in [1.29, 1.82) is 0 Å². The number of ether oxygens (including phenoxy) is 2. The molecule has 1 N–H and O–H groups in total. The monoisotopic (exact) mass is 405 g/mol. The van der Waals surface area contributed by atoms with E-state index in [1.807, 2.05) is 55.5 Å². The van der Waals surface area contributed by atoms with Crippen LogP contribution in [0.5, 0.6) is 5.75 Å². The first-order valence-electron chi connectivity index (χ1n) is 9.65. The van der Waals surface area contributed by atoms with Crippen LogP contribution in [0, 0.1) is 6.92 Å². The van der Waals surface area contributed by atoms with Crippen LogP contribution >= 0.6 is 0 Å². The Kier molecular flexibility index (Phi) is 5.37. The van der Waals surface area contributed by atoms with E-state index in [-0.39, 0.29) is 18.4 Å². The smallest absolute Gasteiger partial charge is 0.256 e. The molecular formula is C23H23N3O4. The van der Waals surface area contributed by atoms with Crippen LogP contribution < -0.4 is 10.1 Å². The number of benzene rings is 2. The summed E-state index contributed by atoms with van der Waals surface area (Å²) in [6, 6.07) is 14.6. The second kappa shape index (κ2) is 8.12. The van der Waals surface area contributed by atoms with Crippen molar-refractivity contribution in [2.24, 2.45) is 0 Å². The van der Waals surface area contributed by atoms with Gasteiger partial charge in [0.25, 0.3) is 5.91 Å². The first kappa shape index (κ1) is 19.8. The van der Waals surface area contributed by atoms with Crippen LogP contribution in [-0.2, 0) is 14.3 Å². The maximum Gasteiger partial charge on any atom is 0.256 e. The van der Waals surface area contributed by atoms with Crippen molar-refractivity contribution in [3.8, 4) is 5.75 Å². The number of aromatic nitrogens is 1. The first-order chi connectivity index (χ1) is 14.5. The summed E-state index contributed by atoms with van der Waals surface area (Å²) in [7, 11) is 3.30. The average molecular weight is 405 g/mol. The lowest BCUT2D eigenvalue weighted by Gasteiger charge is -2.38. The van der Waals surface area contributed by atoms with Crippen LogP contribution in [0.3, 0.4) is 0 Å². The third-order valence-electron chi connectivity index (χ3n) is 5.32. The van der Waals surface area contributed by atoms with Crippen LogP contribution in [0.25, 0.3) is 10.9 Å². The minimum Gasteiger partial charge on any atom is -0.497 e. The molecule has 0 radical (unpaired) electrons. The summed E-state index contributed by atoms with van der Waals surface area (Å²) < 4.78 is 10.9. The Morgan fingerprint density at radius 2 is 1.97 bits per heavy atom. The average Bonchev–Trinajstić information content (AvgIpc) is 2.76. The number of hydrogen-bond donors (Lipinski definition) is 1. The summed E-state index contributed by atoms with van der Waals surface area (Å²) in [5, 5.41) is 3.76. The van der Waals surface area contributed by atoms with Gasteiger partial charge in [-0.05, 0) is 30.7 Å². The summed E-state index contributed by atoms with van der Waals surface area (Å²) in [5.74, 6) is 0.233. The number of aryl methyl sites for hydroxylation is 1. The largest absolute Gasteiger partial charge is 0.497 e. The van der Waals surface area contributed by atoms with Gasteiger partial charge in [0.15, 0.2) is 6.10 Å². The van der Waals surface area contributed by atoms with Gasteiger partial charge in [0, 0.05) is 18.5 Å². The molecule has 3 aromatic rings. The molecule has 2 atom stereocenters. The molecule has 1 fully saturated rings. The molecule has 0 bridgehead atoms. The highest BCUT2D eigenvalue weighted by atomic mass is 16.5. The van der Waals surface area contributed by atoms with Crippen molar-refractivity contribution in [2.75, 3.05) is 26.1 Å². The molecule has 1 aromatic heterocycles. The summed E-state index contributed by atoms with van der Waals surface area (Å²) in [6.45, 7) is 1.86.